The van der Waals surface area contributed by atoms with E-state index in [9.17, 15) is 9.90 Å². The number of ether oxygens (including phenoxy) is 1. The van der Waals surface area contributed by atoms with Crippen molar-refractivity contribution in [3.8, 4) is 17.0 Å². The molecule has 1 amide bonds. The van der Waals surface area contributed by atoms with Gasteiger partial charge in [-0.05, 0) is 30.5 Å². The summed E-state index contributed by atoms with van der Waals surface area (Å²) >= 11 is 0. The van der Waals surface area contributed by atoms with Gasteiger partial charge in [0, 0.05) is 17.7 Å². The molecule has 0 saturated heterocycles. The molecule has 4 rings (SSSR count). The summed E-state index contributed by atoms with van der Waals surface area (Å²) in [6.07, 6.45) is 5.90. The van der Waals surface area contributed by atoms with Crippen molar-refractivity contribution >= 4 is 11.7 Å². The lowest BCUT2D eigenvalue weighted by molar-refractivity contribution is 0.0645. The monoisotopic (exact) mass is 420 g/mol. The van der Waals surface area contributed by atoms with Crippen molar-refractivity contribution in [1.29, 1.82) is 0 Å². The number of nitrogens with two attached hydrogens (primary N) is 1. The van der Waals surface area contributed by atoms with Crippen molar-refractivity contribution in [3.63, 3.8) is 0 Å². The average molecular weight is 421 g/mol. The molecule has 2 heterocycles. The van der Waals surface area contributed by atoms with Gasteiger partial charge in [0.05, 0.1) is 24.0 Å². The fraction of sp³-hybridized carbons (Fsp3) is 0.208. The number of benzene rings is 2. The van der Waals surface area contributed by atoms with Crippen LogP contribution in [0, 0.1) is 0 Å². The standard InChI is InChI=1S/C24H24N4O3/c25-23-22(27-15-19(28-23)21-11-5-6-14-31-21)17-8-2-3-9-18(17)24(30)26-13-12-16-7-1-4-10-20(16)29/h1-10,15,21,29H,11-14H2,(H2,25,28)(H,26,30)/t21-/m0/s1/i2D,3D,8D,9D. The molecule has 0 radical (unpaired) electrons. The largest absolute Gasteiger partial charge is 0.508 e. The number of phenolic OH excluding ortho intramolecular Hbond substituents is 1. The average Bonchev–Trinajstić information content (AvgIpc) is 2.86. The Labute approximate surface area is 186 Å². The van der Waals surface area contributed by atoms with Crippen LogP contribution in [0.5, 0.6) is 5.75 Å². The SMILES string of the molecule is [2H]c1c([2H])c([2H])c(-c2ncc([C@@H]3CC=CCO3)nc2N)c(C(=O)NCCc2ccccc2O)c1[2H]. The molecular weight excluding hydrogens is 392 g/mol. The Morgan fingerprint density at radius 1 is 1.29 bits per heavy atom. The van der Waals surface area contributed by atoms with Crippen molar-refractivity contribution in [2.75, 3.05) is 18.9 Å². The molecule has 0 saturated carbocycles. The number of carbonyl (C=O) groups is 1. The van der Waals surface area contributed by atoms with Gasteiger partial charge >= 0.3 is 0 Å². The smallest absolute Gasteiger partial charge is 0.251 e. The van der Waals surface area contributed by atoms with E-state index in [0.717, 1.165) is 0 Å². The van der Waals surface area contributed by atoms with Gasteiger partial charge in [0.15, 0.2) is 0 Å². The van der Waals surface area contributed by atoms with E-state index < -0.39 is 30.1 Å². The van der Waals surface area contributed by atoms with Gasteiger partial charge in [-0.25, -0.2) is 4.98 Å². The Bertz CT molecular complexity index is 1320. The van der Waals surface area contributed by atoms with Gasteiger partial charge in [-0.15, -0.1) is 0 Å². The third-order valence-corrected chi connectivity index (χ3v) is 4.88. The predicted octanol–water partition coefficient (Wildman–Crippen LogP) is 3.42. The molecule has 158 valence electrons. The zero-order chi connectivity index (χ0) is 25.1. The summed E-state index contributed by atoms with van der Waals surface area (Å²) < 4.78 is 38.6. The Hall–Kier alpha value is -3.71. The summed E-state index contributed by atoms with van der Waals surface area (Å²) in [6.45, 7) is 0.566. The van der Waals surface area contributed by atoms with Gasteiger partial charge in [0.2, 0.25) is 0 Å². The van der Waals surface area contributed by atoms with Crippen LogP contribution in [0.25, 0.3) is 11.3 Å². The van der Waals surface area contributed by atoms with E-state index in [2.05, 4.69) is 15.3 Å². The summed E-state index contributed by atoms with van der Waals surface area (Å²) in [4.78, 5) is 21.8. The van der Waals surface area contributed by atoms with Gasteiger partial charge in [-0.2, -0.15) is 0 Å². The van der Waals surface area contributed by atoms with Gasteiger partial charge < -0.3 is 20.9 Å². The summed E-state index contributed by atoms with van der Waals surface area (Å²) in [5, 5.41) is 12.6. The molecule has 4 N–H and O–H groups in total. The molecular formula is C24H24N4O3. The van der Waals surface area contributed by atoms with Crippen LogP contribution >= 0.6 is 0 Å². The Morgan fingerprint density at radius 2 is 2.13 bits per heavy atom. The van der Waals surface area contributed by atoms with Crippen molar-refractivity contribution in [3.05, 3.63) is 83.6 Å². The van der Waals surface area contributed by atoms with E-state index in [1.54, 1.807) is 24.3 Å². The van der Waals surface area contributed by atoms with Gasteiger partial charge in [0.1, 0.15) is 23.4 Å². The molecule has 0 fully saturated rings. The molecule has 1 atom stereocenters. The van der Waals surface area contributed by atoms with Crippen molar-refractivity contribution in [2.24, 2.45) is 0 Å². The fourth-order valence-electron chi connectivity index (χ4n) is 3.28. The predicted molar refractivity (Wildman–Crippen MR) is 118 cm³/mol. The van der Waals surface area contributed by atoms with E-state index in [0.29, 0.717) is 30.7 Å². The number of aromatic nitrogens is 2. The highest BCUT2D eigenvalue weighted by atomic mass is 16.5. The Kier molecular flexibility index (Phi) is 4.87. The first kappa shape index (κ1) is 16.0. The molecule has 1 aromatic heterocycles. The first-order valence-electron chi connectivity index (χ1n) is 11.8. The third kappa shape index (κ3) is 4.73. The van der Waals surface area contributed by atoms with E-state index in [1.807, 2.05) is 12.2 Å². The number of nitrogens with one attached hydrogen (secondary N) is 1. The topological polar surface area (TPSA) is 110 Å². The van der Waals surface area contributed by atoms with Crippen LogP contribution in [0.4, 0.5) is 5.82 Å². The van der Waals surface area contributed by atoms with E-state index in [1.165, 1.54) is 6.20 Å². The molecule has 0 spiro atoms. The highest BCUT2D eigenvalue weighted by Gasteiger charge is 2.20. The molecule has 31 heavy (non-hydrogen) atoms. The summed E-state index contributed by atoms with van der Waals surface area (Å²) in [7, 11) is 0. The van der Waals surface area contributed by atoms with Crippen LogP contribution in [-0.2, 0) is 11.2 Å². The molecule has 3 aromatic rings. The van der Waals surface area contributed by atoms with E-state index in [4.69, 9.17) is 16.0 Å². The number of para-hydroxylation sites is 1. The van der Waals surface area contributed by atoms with E-state index >= 15 is 0 Å². The molecule has 0 bridgehead atoms. The maximum absolute atomic E-state index is 13.1. The number of nitrogen functional groups attached to an aromatic ring is 1. The molecule has 1 aliphatic heterocycles. The molecule has 7 heteroatoms. The Balaban J connectivity index is 1.69. The minimum Gasteiger partial charge on any atom is -0.508 e. The molecule has 7 nitrogen and oxygen atoms in total. The van der Waals surface area contributed by atoms with Gasteiger partial charge in [-0.3, -0.25) is 9.78 Å². The lowest BCUT2D eigenvalue weighted by Crippen LogP contribution is -2.26. The number of amides is 1. The second-order valence-electron chi connectivity index (χ2n) is 6.94. The first-order valence-corrected chi connectivity index (χ1v) is 9.84. The van der Waals surface area contributed by atoms with Crippen LogP contribution in [0.15, 0.2) is 66.8 Å². The number of phenols is 1. The van der Waals surface area contributed by atoms with Crippen LogP contribution in [-0.4, -0.2) is 34.1 Å². The lowest BCUT2D eigenvalue weighted by Gasteiger charge is -2.19. The van der Waals surface area contributed by atoms with Crippen LogP contribution in [0.2, 0.25) is 0 Å². The zero-order valence-corrected chi connectivity index (χ0v) is 16.7. The highest BCUT2D eigenvalue weighted by molar-refractivity contribution is 6.01. The van der Waals surface area contributed by atoms with Crippen LogP contribution < -0.4 is 11.1 Å². The molecule has 2 aromatic carbocycles. The highest BCUT2D eigenvalue weighted by Crippen LogP contribution is 2.29. The number of carbonyl (C=O) groups excluding carboxylic acids is 1. The lowest BCUT2D eigenvalue weighted by atomic mass is 10.0. The quantitative estimate of drug-likeness (QED) is 0.527. The number of hydrogen-bond donors (Lipinski definition) is 3. The number of nitrogens with zero attached hydrogens (tertiary/aromatic N) is 2. The minimum absolute atomic E-state index is 0.0158. The first-order chi connectivity index (χ1) is 16.8. The minimum atomic E-state index is -0.714. The van der Waals surface area contributed by atoms with Crippen LogP contribution in [0.3, 0.4) is 0 Å². The summed E-state index contributed by atoms with van der Waals surface area (Å²) in [5.74, 6) is -0.688. The van der Waals surface area contributed by atoms with Gasteiger partial charge in [-0.1, -0.05) is 48.5 Å². The molecule has 1 aliphatic rings. The maximum Gasteiger partial charge on any atom is 0.251 e. The second kappa shape index (κ2) is 9.40. The second-order valence-corrected chi connectivity index (χ2v) is 6.94. The molecule has 0 aliphatic carbocycles. The third-order valence-electron chi connectivity index (χ3n) is 4.88. The number of anilines is 1. The molecule has 0 unspecified atom stereocenters. The van der Waals surface area contributed by atoms with Crippen molar-refractivity contribution in [2.45, 2.75) is 18.9 Å². The summed E-state index contributed by atoms with van der Waals surface area (Å²) in [5.41, 5.74) is 6.87. The van der Waals surface area contributed by atoms with Gasteiger partial charge in [0.25, 0.3) is 5.91 Å². The van der Waals surface area contributed by atoms with E-state index in [-0.39, 0.29) is 41.0 Å². The number of aromatic hydroxyl groups is 1. The number of hydrogen-bond acceptors (Lipinski definition) is 6. The zero-order valence-electron chi connectivity index (χ0n) is 20.7. The number of rotatable bonds is 6. The van der Waals surface area contributed by atoms with Crippen molar-refractivity contribution < 1.29 is 20.1 Å². The summed E-state index contributed by atoms with van der Waals surface area (Å²) in [6, 6.07) is 4.72. The maximum atomic E-state index is 13.1. The Morgan fingerprint density at radius 3 is 2.90 bits per heavy atom. The fourth-order valence-corrected chi connectivity index (χ4v) is 3.28. The van der Waals surface area contributed by atoms with Crippen molar-refractivity contribution in [1.82, 2.24) is 15.3 Å². The van der Waals surface area contributed by atoms with Crippen LogP contribution in [0.1, 0.15) is 39.6 Å². The normalized spacial score (nSPS) is 17.4.